The topological polar surface area (TPSA) is 288 Å². The number of benzene rings is 3. The molecule has 107 heavy (non-hydrogen) atoms. The maximum Gasteiger partial charge on any atom is 1.00 e. The van der Waals surface area contributed by atoms with Crippen LogP contribution in [0, 0.1) is 12.5 Å². The maximum absolute atomic E-state index is 12.0. The van der Waals surface area contributed by atoms with Gasteiger partial charge in [0.25, 0.3) is 0 Å². The fraction of sp³-hybridized carbons (Fsp3) is 0.548. The SMILES string of the molecule is Brc1csc(C2OCCO2)c1.C.C1CCOC1.CC(C)(C)[Si](C)(C)OCCCCC(=O)c1cccc(Cl)c1.CC(C)(C)[Si](C)(C)OCCCCC(O)(c1cccc(Cl)c1)c1csc(C2OCCO2)c1.N=N/N=N/N=N/N=N/N=N/N=NCl.O=Cc1cc(C2(c3cccc(Cl)c3)CCCCO2)cs1.[CH2-]CCC.[Li+]. The van der Waals surface area contributed by atoms with Gasteiger partial charge in [0.2, 0.25) is 0 Å². The maximum atomic E-state index is 12.0. The van der Waals surface area contributed by atoms with E-state index in [1.807, 2.05) is 88.9 Å². The summed E-state index contributed by atoms with van der Waals surface area (Å²) in [5, 5.41) is 48.8. The molecule has 3 aromatic carbocycles. The number of nitrogens with zero attached hydrogens (tertiary/aromatic N) is 11. The van der Waals surface area contributed by atoms with Gasteiger partial charge in [-0.15, -0.1) is 34.0 Å². The molecule has 2 atom stereocenters. The number of rotatable bonds is 26. The second-order valence-electron chi connectivity index (χ2n) is 27.1. The number of hydrogen-bond acceptors (Lipinski definition) is 16. The van der Waals surface area contributed by atoms with Gasteiger partial charge in [0.15, 0.2) is 41.3 Å². The molecule has 4 aliphatic rings. The van der Waals surface area contributed by atoms with E-state index in [4.69, 9.17) is 89.4 Å². The largest absolute Gasteiger partial charge is 1.00 e. The monoisotopic (exact) mass is 1700 g/mol. The van der Waals surface area contributed by atoms with Crippen LogP contribution in [0.3, 0.4) is 0 Å². The number of unbranched alkanes of at least 4 members (excludes halogenated alkanes) is 3. The summed E-state index contributed by atoms with van der Waals surface area (Å²) in [7, 11) is -3.41. The molecule has 23 nitrogen and oxygen atoms in total. The Morgan fingerprint density at radius 1 is 0.645 bits per heavy atom. The number of Topliss-reactive ketones (excluding diaryl/α,β-unsaturated/α-hetero) is 1. The van der Waals surface area contributed by atoms with E-state index in [9.17, 15) is 14.7 Å². The first-order valence-electron chi connectivity index (χ1n) is 34.7. The van der Waals surface area contributed by atoms with Crippen molar-refractivity contribution in [2.45, 2.75) is 199 Å². The van der Waals surface area contributed by atoms with Crippen molar-refractivity contribution in [2.75, 3.05) is 59.5 Å². The fourth-order valence-corrected chi connectivity index (χ4v) is 15.6. The van der Waals surface area contributed by atoms with Gasteiger partial charge in [-0.2, -0.15) is 12.0 Å². The molecule has 0 amide bonds. The van der Waals surface area contributed by atoms with E-state index in [0.717, 1.165) is 132 Å². The van der Waals surface area contributed by atoms with E-state index in [0.29, 0.717) is 59.9 Å². The molecule has 0 bridgehead atoms. The molecule has 34 heteroatoms. The van der Waals surface area contributed by atoms with Crippen molar-refractivity contribution in [2.24, 2.45) is 56.9 Å². The van der Waals surface area contributed by atoms with Crippen LogP contribution in [0.2, 0.25) is 51.3 Å². The molecule has 2 unspecified atom stereocenters. The zero-order valence-corrected chi connectivity index (χ0v) is 72.0. The van der Waals surface area contributed by atoms with Crippen molar-refractivity contribution in [3.05, 3.63) is 176 Å². The summed E-state index contributed by atoms with van der Waals surface area (Å²) in [6.45, 7) is 35.1. The predicted octanol–water partition coefficient (Wildman–Crippen LogP) is 22.9. The number of thiophene rings is 3. The molecule has 3 aromatic heterocycles. The summed E-state index contributed by atoms with van der Waals surface area (Å²) in [5.41, 5.74) is 9.06. The van der Waals surface area contributed by atoms with Gasteiger partial charge in [0, 0.05) is 69.9 Å². The number of halogens is 5. The zero-order chi connectivity index (χ0) is 77.2. The Morgan fingerprint density at radius 2 is 1.15 bits per heavy atom. The van der Waals surface area contributed by atoms with Gasteiger partial charge in [-0.3, -0.25) is 9.59 Å². The average Bonchev–Trinajstić information content (AvgIpc) is 1.74. The normalized spacial score (nSPS) is 16.8. The molecule has 10 rings (SSSR count). The van der Waals surface area contributed by atoms with Gasteiger partial charge >= 0.3 is 18.9 Å². The minimum absolute atomic E-state index is 0. The number of carbonyl (C=O) groups excluding carboxylic acids is 2. The zero-order valence-electron chi connectivity index (χ0n) is 63.0. The number of aliphatic hydroxyl groups is 1. The summed E-state index contributed by atoms with van der Waals surface area (Å²) in [6.07, 6.45) is 13.1. The van der Waals surface area contributed by atoms with Crippen LogP contribution in [0.25, 0.3) is 0 Å². The van der Waals surface area contributed by atoms with Gasteiger partial charge < -0.3 is 49.3 Å². The first-order valence-corrected chi connectivity index (χ1v) is 45.5. The van der Waals surface area contributed by atoms with Crippen LogP contribution in [0.1, 0.15) is 204 Å². The molecular formula is C73H106BrCl4LiN12O11S3Si2. The number of hydrogen-bond donors (Lipinski definition) is 2. The van der Waals surface area contributed by atoms with Crippen LogP contribution in [0.15, 0.2) is 168 Å². The Bertz CT molecular complexity index is 3630. The molecular weight excluding hydrogens is 1600 g/mol. The van der Waals surface area contributed by atoms with E-state index in [1.165, 1.54) is 30.6 Å². The Balaban J connectivity index is 0.000000454. The molecule has 0 radical (unpaired) electrons. The molecule has 586 valence electrons. The van der Waals surface area contributed by atoms with Gasteiger partial charge in [-0.05, 0) is 256 Å². The molecule has 6 aromatic rings. The Labute approximate surface area is 687 Å². The number of ketones is 1. The van der Waals surface area contributed by atoms with Crippen LogP contribution >= 0.6 is 96.5 Å². The first kappa shape index (κ1) is 99.1. The average molecular weight is 1710 g/mol. The molecule has 0 aliphatic carbocycles. The third-order valence-corrected chi connectivity index (χ3v) is 30.8. The van der Waals surface area contributed by atoms with E-state index in [2.05, 4.69) is 160 Å². The molecule has 7 heterocycles. The number of carbonyl (C=O) groups is 2. The standard InChI is InChI=1S/C24H35ClO4SSi.C17H27ClO2Si.C16H15ClO2S.C7H7BrO2S.C4H8O.C4H9.CH4.ClHN12.Li/c1-23(2,3)31(4,5)29-12-7-6-11-24(26,18-9-8-10-20(25)15-18)19-16-21(30-17-19)22-27-13-14-28-22;1-17(2,3)21(4,5)20-12-7-6-11-16(19)14-9-8-10-15(18)13-14;17-14-5-3-4-12(8-14)16(6-1-2-7-19-16)13-9-15(10-18)20-11-13;8-5-3-6(11-4-5)7-9-1-2-10-7;1-2-4-5-3-1;1-3-4-2;;1-3-5-7-9-11-13-12-10-8-6-4-2;/h8-10,15-17,22,26H,6-7,11-14H2,1-5H3;8-10,13H,6-7,11-12H2,1-5H3;3-5,8-11H,1-2,6-7H2;3-4,7H,1-2H2;1-4H2;1,3-4H2,2H3;1H4;2H;/q;;;;;-1;;;+1/b;;;;;;;4-2?,5-3?,8-6+,9-7+,12-10+,13-11+;. The Kier molecular flexibility index (Phi) is 49.2. The summed E-state index contributed by atoms with van der Waals surface area (Å²) in [5.74, 6) is 0.157. The fourth-order valence-electron chi connectivity index (χ4n) is 9.61. The number of nitrogens with one attached hydrogen (secondary N) is 1. The van der Waals surface area contributed by atoms with Crippen LogP contribution in [-0.4, -0.2) is 93.3 Å². The van der Waals surface area contributed by atoms with E-state index in [-0.39, 0.29) is 54.7 Å². The van der Waals surface area contributed by atoms with Gasteiger partial charge in [-0.1, -0.05) is 138 Å². The van der Waals surface area contributed by atoms with E-state index >= 15 is 0 Å². The smallest absolute Gasteiger partial charge is 0.417 e. The van der Waals surface area contributed by atoms with Gasteiger partial charge in [0.1, 0.15) is 11.2 Å². The van der Waals surface area contributed by atoms with Gasteiger partial charge in [0.05, 0.1) is 52.8 Å². The summed E-state index contributed by atoms with van der Waals surface area (Å²) in [6, 6.07) is 28.5. The van der Waals surface area contributed by atoms with Crippen molar-refractivity contribution in [1.82, 2.24) is 0 Å². The van der Waals surface area contributed by atoms with Crippen LogP contribution in [0.5, 0.6) is 0 Å². The van der Waals surface area contributed by atoms with Crippen molar-refractivity contribution < 1.29 is 70.8 Å². The van der Waals surface area contributed by atoms with Crippen molar-refractivity contribution in [3.63, 3.8) is 0 Å². The molecule has 4 aliphatic heterocycles. The number of aldehydes is 1. The van der Waals surface area contributed by atoms with Crippen LogP contribution in [0.4, 0.5) is 0 Å². The molecule has 4 saturated heterocycles. The summed E-state index contributed by atoms with van der Waals surface area (Å²) < 4.78 is 49.3. The van der Waals surface area contributed by atoms with Crippen molar-refractivity contribution in [1.29, 1.82) is 5.53 Å². The molecule has 4 fully saturated rings. The van der Waals surface area contributed by atoms with Crippen molar-refractivity contribution >= 4 is 125 Å². The minimum atomic E-state index is -1.75. The predicted molar refractivity (Wildman–Crippen MR) is 434 cm³/mol. The van der Waals surface area contributed by atoms with Crippen LogP contribution < -0.4 is 18.9 Å². The van der Waals surface area contributed by atoms with E-state index < -0.39 is 27.8 Å². The van der Waals surface area contributed by atoms with Gasteiger partial charge in [-0.25, -0.2) is 0 Å². The third kappa shape index (κ3) is 36.1. The van der Waals surface area contributed by atoms with Crippen LogP contribution in [-0.2, 0) is 48.5 Å². The number of ether oxygens (including phenoxy) is 6. The second kappa shape index (κ2) is 53.1. The quantitative estimate of drug-likeness (QED) is 0.00979. The van der Waals surface area contributed by atoms with E-state index in [1.54, 1.807) is 34.8 Å². The second-order valence-corrected chi connectivity index (χ2v) is 42.0. The molecule has 0 spiro atoms. The third-order valence-electron chi connectivity index (χ3n) is 17.5. The van der Waals surface area contributed by atoms with Crippen molar-refractivity contribution in [3.8, 4) is 0 Å². The Hall–Kier alpha value is -3.99. The minimum Gasteiger partial charge on any atom is -0.417 e. The molecule has 0 saturated carbocycles. The summed E-state index contributed by atoms with van der Waals surface area (Å²) in [4.78, 5) is 25.8. The summed E-state index contributed by atoms with van der Waals surface area (Å²) >= 11 is 31.1. The Morgan fingerprint density at radius 3 is 1.61 bits per heavy atom. The first-order chi connectivity index (χ1) is 50.1. The molecule has 2 N–H and O–H groups in total.